The van der Waals surface area contributed by atoms with Gasteiger partial charge in [0.15, 0.2) is 11.2 Å². The minimum absolute atomic E-state index is 0.0139. The first-order valence-corrected chi connectivity index (χ1v) is 7.97. The van der Waals surface area contributed by atoms with E-state index in [-0.39, 0.29) is 24.7 Å². The SMILES string of the molecule is COC(=O)CCC(=O)c1ccc2c(c1)C(C)(C(=O)OC(C)C)C(=O)N2. The largest absolute Gasteiger partial charge is 0.469 e. The van der Waals surface area contributed by atoms with Crippen molar-refractivity contribution in [1.82, 2.24) is 0 Å². The molecular weight excluding hydrogens is 326 g/mol. The lowest BCUT2D eigenvalue weighted by atomic mass is 9.82. The molecule has 1 aliphatic heterocycles. The topological polar surface area (TPSA) is 98.8 Å². The van der Waals surface area contributed by atoms with E-state index in [4.69, 9.17) is 4.74 Å². The molecule has 1 aliphatic rings. The number of rotatable bonds is 6. The zero-order chi connectivity index (χ0) is 18.8. The maximum Gasteiger partial charge on any atom is 0.326 e. The number of Topliss-reactive ketones (excluding diaryl/α,β-unsaturated/α-hetero) is 1. The fraction of sp³-hybridized carbons (Fsp3) is 0.444. The summed E-state index contributed by atoms with van der Waals surface area (Å²) in [6, 6.07) is 4.64. The van der Waals surface area contributed by atoms with Gasteiger partial charge in [-0.25, -0.2) is 0 Å². The summed E-state index contributed by atoms with van der Waals surface area (Å²) < 4.78 is 9.73. The summed E-state index contributed by atoms with van der Waals surface area (Å²) in [5.41, 5.74) is -0.328. The van der Waals surface area contributed by atoms with Gasteiger partial charge in [-0.15, -0.1) is 0 Å². The number of ketones is 1. The number of hydrogen-bond donors (Lipinski definition) is 1. The third-order valence-electron chi connectivity index (χ3n) is 4.12. The molecule has 0 spiro atoms. The van der Waals surface area contributed by atoms with Gasteiger partial charge in [0.1, 0.15) is 0 Å². The molecule has 1 heterocycles. The van der Waals surface area contributed by atoms with Gasteiger partial charge in [0.2, 0.25) is 5.91 Å². The molecular formula is C18H21NO6. The van der Waals surface area contributed by atoms with Crippen LogP contribution in [0.25, 0.3) is 0 Å². The number of hydrogen-bond acceptors (Lipinski definition) is 6. The van der Waals surface area contributed by atoms with Crippen LogP contribution in [-0.4, -0.2) is 36.8 Å². The maximum atomic E-state index is 12.5. The molecule has 0 fully saturated rings. The summed E-state index contributed by atoms with van der Waals surface area (Å²) in [5, 5.41) is 2.64. The Bertz CT molecular complexity index is 739. The predicted molar refractivity (Wildman–Crippen MR) is 89.2 cm³/mol. The standard InChI is InChI=1S/C18H21NO6/c1-10(2)25-17(23)18(3)12-9-11(5-6-13(12)19-16(18)22)14(20)7-8-15(21)24-4/h5-6,9-10H,7-8H2,1-4H3,(H,19,22). The van der Waals surface area contributed by atoms with Crippen molar-refractivity contribution in [2.45, 2.75) is 45.1 Å². The third-order valence-corrected chi connectivity index (χ3v) is 4.12. The van der Waals surface area contributed by atoms with Gasteiger partial charge in [-0.2, -0.15) is 0 Å². The Morgan fingerprint density at radius 3 is 2.48 bits per heavy atom. The Balaban J connectivity index is 2.32. The Hall–Kier alpha value is -2.70. The van der Waals surface area contributed by atoms with E-state index in [9.17, 15) is 19.2 Å². The first-order chi connectivity index (χ1) is 11.7. The van der Waals surface area contributed by atoms with E-state index >= 15 is 0 Å². The molecule has 134 valence electrons. The highest BCUT2D eigenvalue weighted by molar-refractivity contribution is 6.19. The van der Waals surface area contributed by atoms with Gasteiger partial charge in [-0.3, -0.25) is 19.2 Å². The molecule has 0 saturated carbocycles. The quantitative estimate of drug-likeness (QED) is 0.480. The summed E-state index contributed by atoms with van der Waals surface area (Å²) in [6.45, 7) is 4.87. The summed E-state index contributed by atoms with van der Waals surface area (Å²) in [6.07, 6.45) is -0.415. The van der Waals surface area contributed by atoms with Crippen molar-refractivity contribution in [2.24, 2.45) is 0 Å². The molecule has 7 nitrogen and oxygen atoms in total. The lowest BCUT2D eigenvalue weighted by molar-refractivity contribution is -0.156. The molecule has 1 amide bonds. The minimum Gasteiger partial charge on any atom is -0.469 e. The van der Waals surface area contributed by atoms with E-state index in [2.05, 4.69) is 10.1 Å². The molecule has 0 saturated heterocycles. The second-order valence-electron chi connectivity index (χ2n) is 6.29. The molecule has 1 aromatic rings. The van der Waals surface area contributed by atoms with Gasteiger partial charge in [-0.1, -0.05) is 0 Å². The van der Waals surface area contributed by atoms with Crippen LogP contribution in [0, 0.1) is 0 Å². The van der Waals surface area contributed by atoms with Crippen LogP contribution in [0.3, 0.4) is 0 Å². The lowest BCUT2D eigenvalue weighted by Gasteiger charge is -2.22. The highest BCUT2D eigenvalue weighted by Crippen LogP contribution is 2.39. The van der Waals surface area contributed by atoms with Crippen LogP contribution in [0.1, 0.15) is 49.5 Å². The predicted octanol–water partition coefficient (Wildman–Crippen LogP) is 1.98. The monoisotopic (exact) mass is 347 g/mol. The van der Waals surface area contributed by atoms with E-state index in [1.165, 1.54) is 20.1 Å². The summed E-state index contributed by atoms with van der Waals surface area (Å²) >= 11 is 0. The fourth-order valence-corrected chi connectivity index (χ4v) is 2.61. The van der Waals surface area contributed by atoms with Gasteiger partial charge >= 0.3 is 11.9 Å². The van der Waals surface area contributed by atoms with Crippen molar-refractivity contribution in [3.63, 3.8) is 0 Å². The van der Waals surface area contributed by atoms with E-state index in [0.717, 1.165) is 0 Å². The second-order valence-corrected chi connectivity index (χ2v) is 6.29. The van der Waals surface area contributed by atoms with E-state index in [1.807, 2.05) is 0 Å². The number of carbonyl (C=O) groups excluding carboxylic acids is 4. The highest BCUT2D eigenvalue weighted by atomic mass is 16.5. The number of methoxy groups -OCH3 is 1. The number of esters is 2. The van der Waals surface area contributed by atoms with Gasteiger partial charge < -0.3 is 14.8 Å². The van der Waals surface area contributed by atoms with Crippen molar-refractivity contribution >= 4 is 29.3 Å². The number of benzene rings is 1. The smallest absolute Gasteiger partial charge is 0.326 e. The second kappa shape index (κ2) is 7.04. The number of carbonyl (C=O) groups is 4. The van der Waals surface area contributed by atoms with Crippen LogP contribution in [0.15, 0.2) is 18.2 Å². The molecule has 1 N–H and O–H groups in total. The molecule has 0 aliphatic carbocycles. The van der Waals surface area contributed by atoms with Crippen LogP contribution < -0.4 is 5.32 Å². The number of anilines is 1. The molecule has 25 heavy (non-hydrogen) atoms. The number of amides is 1. The summed E-state index contributed by atoms with van der Waals surface area (Å²) in [7, 11) is 1.26. The van der Waals surface area contributed by atoms with E-state index in [1.54, 1.807) is 26.0 Å². The van der Waals surface area contributed by atoms with Gasteiger partial charge in [0, 0.05) is 23.2 Å². The molecule has 0 aromatic heterocycles. The van der Waals surface area contributed by atoms with Crippen LogP contribution >= 0.6 is 0 Å². The molecule has 0 radical (unpaired) electrons. The number of fused-ring (bicyclic) bond motifs is 1. The summed E-state index contributed by atoms with van der Waals surface area (Å²) in [5.74, 6) is -1.91. The van der Waals surface area contributed by atoms with E-state index in [0.29, 0.717) is 16.8 Å². The number of nitrogens with one attached hydrogen (secondary N) is 1. The van der Waals surface area contributed by atoms with Crippen molar-refractivity contribution in [2.75, 3.05) is 12.4 Å². The Labute approximate surface area is 145 Å². The van der Waals surface area contributed by atoms with Crippen LogP contribution in [0.5, 0.6) is 0 Å². The van der Waals surface area contributed by atoms with Gasteiger partial charge in [0.25, 0.3) is 0 Å². The molecule has 2 rings (SSSR count). The Morgan fingerprint density at radius 2 is 1.88 bits per heavy atom. The molecule has 0 bridgehead atoms. The molecule has 7 heteroatoms. The van der Waals surface area contributed by atoms with Gasteiger partial charge in [-0.05, 0) is 39.0 Å². The summed E-state index contributed by atoms with van der Waals surface area (Å²) in [4.78, 5) is 48.3. The van der Waals surface area contributed by atoms with Gasteiger partial charge in [0.05, 0.1) is 19.6 Å². The third kappa shape index (κ3) is 3.55. The van der Waals surface area contributed by atoms with Crippen molar-refractivity contribution in [3.05, 3.63) is 29.3 Å². The first kappa shape index (κ1) is 18.6. The number of ether oxygens (including phenoxy) is 2. The average Bonchev–Trinajstić information content (AvgIpc) is 2.83. The fourth-order valence-electron chi connectivity index (χ4n) is 2.61. The zero-order valence-electron chi connectivity index (χ0n) is 14.7. The van der Waals surface area contributed by atoms with E-state index < -0.39 is 23.3 Å². The minimum atomic E-state index is -1.52. The average molecular weight is 347 g/mol. The zero-order valence-corrected chi connectivity index (χ0v) is 14.7. The Morgan fingerprint density at radius 1 is 1.20 bits per heavy atom. The van der Waals surface area contributed by atoms with Crippen molar-refractivity contribution in [3.8, 4) is 0 Å². The lowest BCUT2D eigenvalue weighted by Crippen LogP contribution is -2.41. The molecule has 1 aromatic carbocycles. The van der Waals surface area contributed by atoms with Crippen molar-refractivity contribution < 1.29 is 28.7 Å². The first-order valence-electron chi connectivity index (χ1n) is 7.97. The highest BCUT2D eigenvalue weighted by Gasteiger charge is 2.50. The molecule has 1 atom stereocenters. The van der Waals surface area contributed by atoms with Crippen molar-refractivity contribution in [1.29, 1.82) is 0 Å². The van der Waals surface area contributed by atoms with Crippen LogP contribution in [0.2, 0.25) is 0 Å². The normalized spacial score (nSPS) is 18.5. The maximum absolute atomic E-state index is 12.5. The molecule has 1 unspecified atom stereocenters. The van der Waals surface area contributed by atoms with Crippen LogP contribution in [0.4, 0.5) is 5.69 Å². The van der Waals surface area contributed by atoms with Crippen LogP contribution in [-0.2, 0) is 29.3 Å². The Kier molecular flexibility index (Phi) is 5.25.